The van der Waals surface area contributed by atoms with E-state index in [1.54, 1.807) is 0 Å². The van der Waals surface area contributed by atoms with Crippen LogP contribution >= 0.6 is 0 Å². The molecule has 0 heterocycles. The minimum Gasteiger partial charge on any atom is -0.313 e. The van der Waals surface area contributed by atoms with Gasteiger partial charge in [-0.3, -0.25) is 0 Å². The average molecular weight is 245 g/mol. The van der Waals surface area contributed by atoms with Crippen molar-refractivity contribution in [3.63, 3.8) is 0 Å². The molecule has 0 aromatic heterocycles. The van der Waals surface area contributed by atoms with Crippen LogP contribution in [0.15, 0.2) is 24.3 Å². The van der Waals surface area contributed by atoms with Gasteiger partial charge in [-0.1, -0.05) is 51.0 Å². The van der Waals surface area contributed by atoms with Crippen molar-refractivity contribution in [2.45, 2.75) is 52.5 Å². The molecule has 1 heteroatoms. The second-order valence-electron chi connectivity index (χ2n) is 6.18. The summed E-state index contributed by atoms with van der Waals surface area (Å²) in [6.45, 7) is 6.74. The van der Waals surface area contributed by atoms with Crippen molar-refractivity contribution in [3.05, 3.63) is 35.4 Å². The maximum absolute atomic E-state index is 3.55. The van der Waals surface area contributed by atoms with Crippen LogP contribution < -0.4 is 5.32 Å². The Morgan fingerprint density at radius 2 is 1.78 bits per heavy atom. The Kier molecular flexibility index (Phi) is 5.25. The molecule has 100 valence electrons. The van der Waals surface area contributed by atoms with Gasteiger partial charge in [0, 0.05) is 6.54 Å². The van der Waals surface area contributed by atoms with Gasteiger partial charge < -0.3 is 5.32 Å². The zero-order valence-electron chi connectivity index (χ0n) is 11.9. The molecule has 1 aliphatic rings. The first kappa shape index (κ1) is 13.6. The lowest BCUT2D eigenvalue weighted by atomic mass is 10.0. The smallest absolute Gasteiger partial charge is 0.0205 e. The Labute approximate surface area is 112 Å². The molecule has 0 aliphatic heterocycles. The Hall–Kier alpha value is -0.820. The van der Waals surface area contributed by atoms with Crippen molar-refractivity contribution < 1.29 is 0 Å². The molecule has 1 fully saturated rings. The maximum atomic E-state index is 3.55. The van der Waals surface area contributed by atoms with Crippen LogP contribution in [0.1, 0.15) is 50.7 Å². The highest BCUT2D eigenvalue weighted by molar-refractivity contribution is 5.22. The molecule has 1 N–H and O–H groups in total. The molecule has 1 nitrogen and oxygen atoms in total. The van der Waals surface area contributed by atoms with E-state index < -0.39 is 0 Å². The lowest BCUT2D eigenvalue weighted by molar-refractivity contribution is 0.593. The van der Waals surface area contributed by atoms with E-state index in [1.165, 1.54) is 49.8 Å². The topological polar surface area (TPSA) is 12.0 Å². The van der Waals surface area contributed by atoms with Gasteiger partial charge in [0.05, 0.1) is 0 Å². The van der Waals surface area contributed by atoms with E-state index in [1.807, 2.05) is 0 Å². The molecule has 1 aliphatic carbocycles. The van der Waals surface area contributed by atoms with E-state index in [-0.39, 0.29) is 0 Å². The Bertz CT molecular complexity index is 335. The fourth-order valence-corrected chi connectivity index (χ4v) is 2.42. The standard InChI is InChI=1S/C17H27N/c1-14(2)12-16-7-9-17(10-8-16)13-18-11-3-4-15-5-6-15/h7-10,14-15,18H,3-6,11-13H2,1-2H3. The van der Waals surface area contributed by atoms with Crippen LogP contribution in [-0.4, -0.2) is 6.54 Å². The zero-order valence-corrected chi connectivity index (χ0v) is 11.9. The first-order valence-electron chi connectivity index (χ1n) is 7.52. The third kappa shape index (κ3) is 5.22. The summed E-state index contributed by atoms with van der Waals surface area (Å²) in [4.78, 5) is 0. The van der Waals surface area contributed by atoms with Crippen LogP contribution in [-0.2, 0) is 13.0 Å². The van der Waals surface area contributed by atoms with Crippen molar-refractivity contribution in [1.82, 2.24) is 5.32 Å². The van der Waals surface area contributed by atoms with E-state index >= 15 is 0 Å². The van der Waals surface area contributed by atoms with E-state index in [9.17, 15) is 0 Å². The minimum atomic E-state index is 0.747. The summed E-state index contributed by atoms with van der Waals surface area (Å²) in [5.74, 6) is 1.82. The number of rotatable bonds is 8. The largest absolute Gasteiger partial charge is 0.313 e. The highest BCUT2D eigenvalue weighted by atomic mass is 14.8. The Morgan fingerprint density at radius 3 is 2.39 bits per heavy atom. The molecule has 0 radical (unpaired) electrons. The van der Waals surface area contributed by atoms with Crippen LogP contribution in [0, 0.1) is 11.8 Å². The number of benzene rings is 1. The van der Waals surface area contributed by atoms with Crippen molar-refractivity contribution in [3.8, 4) is 0 Å². The summed E-state index contributed by atoms with van der Waals surface area (Å²) in [5, 5.41) is 3.55. The fraction of sp³-hybridized carbons (Fsp3) is 0.647. The van der Waals surface area contributed by atoms with Gasteiger partial charge >= 0.3 is 0 Å². The molecule has 1 aromatic rings. The van der Waals surface area contributed by atoms with Gasteiger partial charge in [0.25, 0.3) is 0 Å². The SMILES string of the molecule is CC(C)Cc1ccc(CNCCCC2CC2)cc1. The van der Waals surface area contributed by atoms with Gasteiger partial charge in [-0.15, -0.1) is 0 Å². The van der Waals surface area contributed by atoms with Crippen LogP contribution in [0.2, 0.25) is 0 Å². The number of nitrogens with one attached hydrogen (secondary N) is 1. The Balaban J connectivity index is 1.62. The summed E-state index contributed by atoms with van der Waals surface area (Å²) in [5.41, 5.74) is 2.87. The highest BCUT2D eigenvalue weighted by Crippen LogP contribution is 2.33. The summed E-state index contributed by atoms with van der Waals surface area (Å²) < 4.78 is 0. The summed E-state index contributed by atoms with van der Waals surface area (Å²) in [7, 11) is 0. The molecule has 2 rings (SSSR count). The zero-order chi connectivity index (χ0) is 12.8. The van der Waals surface area contributed by atoms with Gasteiger partial charge in [0.15, 0.2) is 0 Å². The molecule has 1 aromatic carbocycles. The number of hydrogen-bond acceptors (Lipinski definition) is 1. The average Bonchev–Trinajstić information content (AvgIpc) is 3.14. The van der Waals surface area contributed by atoms with Crippen molar-refractivity contribution in [1.29, 1.82) is 0 Å². The highest BCUT2D eigenvalue weighted by Gasteiger charge is 2.19. The van der Waals surface area contributed by atoms with Crippen molar-refractivity contribution >= 4 is 0 Å². The van der Waals surface area contributed by atoms with E-state index in [4.69, 9.17) is 0 Å². The van der Waals surface area contributed by atoms with Gasteiger partial charge in [-0.25, -0.2) is 0 Å². The molecule has 1 saturated carbocycles. The summed E-state index contributed by atoms with van der Waals surface area (Å²) in [6, 6.07) is 9.10. The molecule has 0 saturated heterocycles. The van der Waals surface area contributed by atoms with Crippen LogP contribution in [0.3, 0.4) is 0 Å². The quantitative estimate of drug-likeness (QED) is 0.678. The molecule has 0 unspecified atom stereocenters. The van der Waals surface area contributed by atoms with E-state index in [0.717, 1.165) is 18.4 Å². The van der Waals surface area contributed by atoms with E-state index in [2.05, 4.69) is 43.4 Å². The molecule has 0 atom stereocenters. The minimum absolute atomic E-state index is 0.747. The third-order valence-electron chi connectivity index (χ3n) is 3.66. The molecule has 0 amide bonds. The summed E-state index contributed by atoms with van der Waals surface area (Å²) >= 11 is 0. The van der Waals surface area contributed by atoms with Gasteiger partial charge in [0.2, 0.25) is 0 Å². The first-order valence-corrected chi connectivity index (χ1v) is 7.52. The van der Waals surface area contributed by atoms with E-state index in [0.29, 0.717) is 0 Å². The molecule has 0 spiro atoms. The molecule has 18 heavy (non-hydrogen) atoms. The van der Waals surface area contributed by atoms with Crippen LogP contribution in [0.25, 0.3) is 0 Å². The van der Waals surface area contributed by atoms with Crippen molar-refractivity contribution in [2.75, 3.05) is 6.54 Å². The normalized spacial score (nSPS) is 15.3. The predicted octanol–water partition coefficient (Wildman–Crippen LogP) is 4.16. The number of hydrogen-bond donors (Lipinski definition) is 1. The van der Waals surface area contributed by atoms with Crippen molar-refractivity contribution in [2.24, 2.45) is 11.8 Å². The van der Waals surface area contributed by atoms with Gasteiger partial charge in [-0.05, 0) is 48.8 Å². The maximum Gasteiger partial charge on any atom is 0.0205 e. The Morgan fingerprint density at radius 1 is 1.11 bits per heavy atom. The molecule has 0 bridgehead atoms. The molecular weight excluding hydrogens is 218 g/mol. The lowest BCUT2D eigenvalue weighted by Gasteiger charge is -2.07. The van der Waals surface area contributed by atoms with Gasteiger partial charge in [-0.2, -0.15) is 0 Å². The molecular formula is C17H27N. The second kappa shape index (κ2) is 6.94. The van der Waals surface area contributed by atoms with Gasteiger partial charge in [0.1, 0.15) is 0 Å². The van der Waals surface area contributed by atoms with Crippen LogP contribution in [0.5, 0.6) is 0 Å². The first-order chi connectivity index (χ1) is 8.74. The fourth-order valence-electron chi connectivity index (χ4n) is 2.42. The third-order valence-corrected chi connectivity index (χ3v) is 3.66. The monoisotopic (exact) mass is 245 g/mol. The lowest BCUT2D eigenvalue weighted by Crippen LogP contribution is -2.14. The van der Waals surface area contributed by atoms with Crippen LogP contribution in [0.4, 0.5) is 0 Å². The predicted molar refractivity (Wildman–Crippen MR) is 78.6 cm³/mol. The second-order valence-corrected chi connectivity index (χ2v) is 6.18. The summed E-state index contributed by atoms with van der Waals surface area (Å²) in [6.07, 6.45) is 6.93.